The third-order valence-corrected chi connectivity index (χ3v) is 6.54. The Morgan fingerprint density at radius 1 is 1.10 bits per heavy atom. The van der Waals surface area contributed by atoms with E-state index in [1.165, 1.54) is 0 Å². The summed E-state index contributed by atoms with van der Waals surface area (Å²) >= 11 is 0. The number of amides is 2. The SMILES string of the molecule is C[C@@H]1CN2c3cc(-c4ccncc4)ccc3C[C@@]3(C(=O)CC(=O)NC3=O)[C@H]2[C@H](C)O1. The molecule has 1 aromatic carbocycles. The monoisotopic (exact) mass is 405 g/mol. The Morgan fingerprint density at radius 2 is 1.87 bits per heavy atom. The average Bonchev–Trinajstić information content (AvgIpc) is 2.72. The number of benzene rings is 1. The Balaban J connectivity index is 1.67. The van der Waals surface area contributed by atoms with Gasteiger partial charge in [0.2, 0.25) is 11.8 Å². The fraction of sp³-hybridized carbons (Fsp3) is 0.391. The number of nitrogens with zero attached hydrogens (tertiary/aromatic N) is 2. The highest BCUT2D eigenvalue weighted by Gasteiger charge is 2.62. The van der Waals surface area contributed by atoms with Gasteiger partial charge in [-0.2, -0.15) is 0 Å². The van der Waals surface area contributed by atoms with Crippen molar-refractivity contribution in [2.24, 2.45) is 5.41 Å². The van der Waals surface area contributed by atoms with Gasteiger partial charge in [0.25, 0.3) is 0 Å². The number of ketones is 1. The molecule has 1 aromatic heterocycles. The third kappa shape index (κ3) is 2.69. The molecule has 4 atom stereocenters. The zero-order chi connectivity index (χ0) is 21.0. The number of hydrogen-bond donors (Lipinski definition) is 1. The van der Waals surface area contributed by atoms with Gasteiger partial charge in [0.15, 0.2) is 5.78 Å². The highest BCUT2D eigenvalue weighted by molar-refractivity contribution is 6.22. The first-order valence-electron chi connectivity index (χ1n) is 10.2. The Hall–Kier alpha value is -3.06. The summed E-state index contributed by atoms with van der Waals surface area (Å²) in [5.74, 6) is -1.36. The molecule has 1 spiro atoms. The average molecular weight is 405 g/mol. The van der Waals surface area contributed by atoms with E-state index < -0.39 is 23.3 Å². The predicted octanol–water partition coefficient (Wildman–Crippen LogP) is 1.89. The number of hydrogen-bond acceptors (Lipinski definition) is 6. The topological polar surface area (TPSA) is 88.6 Å². The molecule has 2 saturated heterocycles. The van der Waals surface area contributed by atoms with Gasteiger partial charge in [0.05, 0.1) is 24.7 Å². The van der Waals surface area contributed by atoms with E-state index >= 15 is 0 Å². The molecule has 30 heavy (non-hydrogen) atoms. The molecule has 5 rings (SSSR count). The molecule has 2 fully saturated rings. The first kappa shape index (κ1) is 18.9. The summed E-state index contributed by atoms with van der Waals surface area (Å²) in [6.07, 6.45) is 3.12. The van der Waals surface area contributed by atoms with E-state index in [1.807, 2.05) is 38.1 Å². The molecule has 2 amide bonds. The van der Waals surface area contributed by atoms with Crippen molar-refractivity contribution in [3.63, 3.8) is 0 Å². The van der Waals surface area contributed by atoms with Crippen LogP contribution < -0.4 is 10.2 Å². The first-order valence-corrected chi connectivity index (χ1v) is 10.2. The van der Waals surface area contributed by atoms with E-state index in [2.05, 4.69) is 21.3 Å². The second-order valence-corrected chi connectivity index (χ2v) is 8.45. The van der Waals surface area contributed by atoms with Gasteiger partial charge in [0.1, 0.15) is 5.41 Å². The van der Waals surface area contributed by atoms with E-state index in [0.717, 1.165) is 22.4 Å². The van der Waals surface area contributed by atoms with E-state index in [-0.39, 0.29) is 30.8 Å². The summed E-state index contributed by atoms with van der Waals surface area (Å²) in [4.78, 5) is 44.4. The molecule has 4 heterocycles. The summed E-state index contributed by atoms with van der Waals surface area (Å²) in [5.41, 5.74) is 2.73. The summed E-state index contributed by atoms with van der Waals surface area (Å²) < 4.78 is 6.07. The van der Waals surface area contributed by atoms with Gasteiger partial charge < -0.3 is 9.64 Å². The van der Waals surface area contributed by atoms with Crippen LogP contribution in [-0.4, -0.2) is 47.4 Å². The number of imide groups is 1. The van der Waals surface area contributed by atoms with Crippen LogP contribution in [0.25, 0.3) is 11.1 Å². The number of pyridine rings is 1. The van der Waals surface area contributed by atoms with E-state index in [0.29, 0.717) is 6.54 Å². The number of morpholine rings is 1. The van der Waals surface area contributed by atoms with Gasteiger partial charge in [-0.3, -0.25) is 24.7 Å². The lowest BCUT2D eigenvalue weighted by Crippen LogP contribution is -2.72. The minimum absolute atomic E-state index is 0.0489. The lowest BCUT2D eigenvalue weighted by atomic mass is 9.63. The number of aromatic nitrogens is 1. The van der Waals surface area contributed by atoms with Gasteiger partial charge >= 0.3 is 0 Å². The van der Waals surface area contributed by atoms with Crippen molar-refractivity contribution in [1.29, 1.82) is 0 Å². The van der Waals surface area contributed by atoms with Crippen LogP contribution in [0.15, 0.2) is 42.7 Å². The van der Waals surface area contributed by atoms with E-state index in [9.17, 15) is 14.4 Å². The Bertz CT molecular complexity index is 1030. The fourth-order valence-corrected chi connectivity index (χ4v) is 5.34. The van der Waals surface area contributed by atoms with Crippen molar-refractivity contribution < 1.29 is 19.1 Å². The van der Waals surface area contributed by atoms with Crippen molar-refractivity contribution >= 4 is 23.3 Å². The van der Waals surface area contributed by atoms with Gasteiger partial charge in [-0.05, 0) is 55.2 Å². The molecule has 0 radical (unpaired) electrons. The largest absolute Gasteiger partial charge is 0.372 e. The number of piperidine rings is 1. The zero-order valence-electron chi connectivity index (χ0n) is 16.9. The van der Waals surface area contributed by atoms with Crippen LogP contribution in [0, 0.1) is 5.41 Å². The predicted molar refractivity (Wildman–Crippen MR) is 110 cm³/mol. The first-order chi connectivity index (χ1) is 14.4. The molecule has 7 heteroatoms. The molecule has 3 aliphatic heterocycles. The van der Waals surface area contributed by atoms with E-state index in [4.69, 9.17) is 4.74 Å². The van der Waals surface area contributed by atoms with Gasteiger partial charge in [0, 0.05) is 24.6 Å². The van der Waals surface area contributed by atoms with Crippen molar-refractivity contribution in [1.82, 2.24) is 10.3 Å². The molecule has 3 aliphatic rings. The summed E-state index contributed by atoms with van der Waals surface area (Å²) in [7, 11) is 0. The Kier molecular flexibility index (Phi) is 4.25. The van der Waals surface area contributed by atoms with Crippen LogP contribution in [0.5, 0.6) is 0 Å². The molecule has 1 N–H and O–H groups in total. The number of Topliss-reactive ketones (excluding diaryl/α,β-unsaturated/α-hetero) is 1. The van der Waals surface area contributed by atoms with Crippen LogP contribution in [0.3, 0.4) is 0 Å². The standard InChI is InChI=1S/C23H23N3O4/c1-13-12-26-18-9-16(15-5-7-24-8-6-15)3-4-17(18)11-23(21(26)14(2)30-13)19(27)10-20(28)25-22(23)29/h3-9,13-14,21H,10-12H2,1-2H3,(H,25,28,29)/t13-,14+,21-,23-/m1/s1. The number of carbonyl (C=O) groups is 3. The number of anilines is 1. The lowest BCUT2D eigenvalue weighted by molar-refractivity contribution is -0.158. The van der Waals surface area contributed by atoms with Crippen molar-refractivity contribution in [3.8, 4) is 11.1 Å². The molecule has 0 bridgehead atoms. The Morgan fingerprint density at radius 3 is 2.60 bits per heavy atom. The second-order valence-electron chi connectivity index (χ2n) is 8.45. The van der Waals surface area contributed by atoms with Crippen LogP contribution in [0.2, 0.25) is 0 Å². The van der Waals surface area contributed by atoms with Crippen molar-refractivity contribution in [2.45, 2.75) is 44.9 Å². The van der Waals surface area contributed by atoms with Gasteiger partial charge in [-0.15, -0.1) is 0 Å². The second kappa shape index (κ2) is 6.74. The normalized spacial score (nSPS) is 30.7. The maximum atomic E-state index is 13.2. The molecular formula is C23H23N3O4. The third-order valence-electron chi connectivity index (χ3n) is 6.54. The van der Waals surface area contributed by atoms with Crippen molar-refractivity contribution in [2.75, 3.05) is 11.4 Å². The highest BCUT2D eigenvalue weighted by atomic mass is 16.5. The summed E-state index contributed by atoms with van der Waals surface area (Å²) in [5, 5.41) is 2.42. The zero-order valence-corrected chi connectivity index (χ0v) is 16.9. The molecular weight excluding hydrogens is 382 g/mol. The number of nitrogens with one attached hydrogen (secondary N) is 1. The molecule has 154 valence electrons. The lowest BCUT2D eigenvalue weighted by Gasteiger charge is -2.55. The Labute approximate surface area is 174 Å². The molecule has 2 aromatic rings. The van der Waals surface area contributed by atoms with Crippen LogP contribution >= 0.6 is 0 Å². The number of fused-ring (bicyclic) bond motifs is 4. The summed E-state index contributed by atoms with van der Waals surface area (Å²) in [6, 6.07) is 9.56. The van der Waals surface area contributed by atoms with E-state index in [1.54, 1.807) is 12.4 Å². The molecule has 7 nitrogen and oxygen atoms in total. The smallest absolute Gasteiger partial charge is 0.242 e. The van der Waals surface area contributed by atoms with Gasteiger partial charge in [-0.25, -0.2) is 0 Å². The van der Waals surface area contributed by atoms with Crippen molar-refractivity contribution in [3.05, 3.63) is 48.3 Å². The van der Waals surface area contributed by atoms with Crippen LogP contribution in [0.1, 0.15) is 25.8 Å². The minimum Gasteiger partial charge on any atom is -0.372 e. The summed E-state index contributed by atoms with van der Waals surface area (Å²) in [6.45, 7) is 4.47. The number of rotatable bonds is 1. The molecule has 0 aliphatic carbocycles. The van der Waals surface area contributed by atoms with Crippen LogP contribution in [0.4, 0.5) is 5.69 Å². The van der Waals surface area contributed by atoms with Gasteiger partial charge in [-0.1, -0.05) is 12.1 Å². The maximum absolute atomic E-state index is 13.2. The van der Waals surface area contributed by atoms with Crippen LogP contribution in [-0.2, 0) is 25.5 Å². The highest BCUT2D eigenvalue weighted by Crippen LogP contribution is 2.48. The minimum atomic E-state index is -1.32. The number of ether oxygens (including phenoxy) is 1. The fourth-order valence-electron chi connectivity index (χ4n) is 5.34. The molecule has 0 unspecified atom stereocenters. The molecule has 0 saturated carbocycles. The number of carbonyl (C=O) groups excluding carboxylic acids is 3. The maximum Gasteiger partial charge on any atom is 0.242 e. The quantitative estimate of drug-likeness (QED) is 0.576.